The lowest BCUT2D eigenvalue weighted by atomic mass is 10.1. The fourth-order valence-electron chi connectivity index (χ4n) is 3.04. The molecule has 0 fully saturated rings. The number of nitrogens with zero attached hydrogens (tertiary/aromatic N) is 3. The van der Waals surface area contributed by atoms with Gasteiger partial charge in [-0.15, -0.1) is 0 Å². The van der Waals surface area contributed by atoms with Gasteiger partial charge >= 0.3 is 0 Å². The maximum absolute atomic E-state index is 5.46. The number of aromatic nitrogens is 3. The monoisotopic (exact) mass is 344 g/mol. The molecule has 4 rings (SSSR count). The standard InChI is InChI=1S/C21H20N4O/c1-26-19-10-6-5-9-17(19)13-18-15-24-25-20(11-12-22-21(18)25)23-14-16-7-3-2-4-8-16/h2-12,15,23H,13-14H2,1H3. The Bertz CT molecular complexity index is 1010. The summed E-state index contributed by atoms with van der Waals surface area (Å²) in [5, 5.41) is 7.97. The molecule has 0 saturated heterocycles. The molecule has 0 aliphatic carbocycles. The van der Waals surface area contributed by atoms with Gasteiger partial charge in [0.05, 0.1) is 13.3 Å². The Kier molecular flexibility index (Phi) is 4.51. The number of rotatable bonds is 6. The van der Waals surface area contributed by atoms with Gasteiger partial charge in [-0.3, -0.25) is 0 Å². The van der Waals surface area contributed by atoms with E-state index in [2.05, 4.69) is 33.6 Å². The minimum atomic E-state index is 0.725. The lowest BCUT2D eigenvalue weighted by Crippen LogP contribution is -2.05. The van der Waals surface area contributed by atoms with E-state index in [9.17, 15) is 0 Å². The molecule has 0 atom stereocenters. The minimum Gasteiger partial charge on any atom is -0.496 e. The molecule has 5 heteroatoms. The molecule has 5 nitrogen and oxygen atoms in total. The first-order valence-electron chi connectivity index (χ1n) is 8.56. The van der Waals surface area contributed by atoms with Crippen molar-refractivity contribution < 1.29 is 4.74 Å². The lowest BCUT2D eigenvalue weighted by molar-refractivity contribution is 0.410. The van der Waals surface area contributed by atoms with Crippen LogP contribution in [0.15, 0.2) is 73.1 Å². The predicted molar refractivity (Wildman–Crippen MR) is 103 cm³/mol. The van der Waals surface area contributed by atoms with E-state index in [1.165, 1.54) is 5.56 Å². The molecule has 0 bridgehead atoms. The molecule has 0 radical (unpaired) electrons. The minimum absolute atomic E-state index is 0.725. The SMILES string of the molecule is COc1ccccc1Cc1cnn2c(NCc3ccccc3)ccnc12. The lowest BCUT2D eigenvalue weighted by Gasteiger charge is -2.09. The highest BCUT2D eigenvalue weighted by Gasteiger charge is 2.11. The number of hydrogen-bond acceptors (Lipinski definition) is 4. The summed E-state index contributed by atoms with van der Waals surface area (Å²) in [5.41, 5.74) is 4.26. The van der Waals surface area contributed by atoms with Crippen LogP contribution < -0.4 is 10.1 Å². The third-order valence-electron chi connectivity index (χ3n) is 4.36. The number of benzene rings is 2. The van der Waals surface area contributed by atoms with Crippen LogP contribution in [0.2, 0.25) is 0 Å². The molecule has 2 aromatic heterocycles. The molecule has 130 valence electrons. The molecular weight excluding hydrogens is 324 g/mol. The summed E-state index contributed by atoms with van der Waals surface area (Å²) in [6, 6.07) is 20.3. The van der Waals surface area contributed by atoms with Gasteiger partial charge in [0.25, 0.3) is 0 Å². The van der Waals surface area contributed by atoms with Gasteiger partial charge in [0, 0.05) is 24.7 Å². The second-order valence-electron chi connectivity index (χ2n) is 6.06. The Hall–Kier alpha value is -3.34. The Morgan fingerprint density at radius 1 is 0.962 bits per heavy atom. The molecule has 0 aliphatic heterocycles. The zero-order valence-electron chi connectivity index (χ0n) is 14.6. The maximum atomic E-state index is 5.46. The highest BCUT2D eigenvalue weighted by atomic mass is 16.5. The third-order valence-corrected chi connectivity index (χ3v) is 4.36. The smallest absolute Gasteiger partial charge is 0.160 e. The van der Waals surface area contributed by atoms with E-state index >= 15 is 0 Å². The van der Waals surface area contributed by atoms with Crippen molar-refractivity contribution in [1.29, 1.82) is 0 Å². The van der Waals surface area contributed by atoms with Crippen LogP contribution in [0.5, 0.6) is 5.75 Å². The van der Waals surface area contributed by atoms with Gasteiger partial charge in [0.2, 0.25) is 0 Å². The van der Waals surface area contributed by atoms with E-state index in [1.807, 2.05) is 59.4 Å². The molecule has 0 amide bonds. The Balaban J connectivity index is 1.60. The molecule has 2 heterocycles. The average molecular weight is 344 g/mol. The van der Waals surface area contributed by atoms with Crippen LogP contribution in [0, 0.1) is 0 Å². The van der Waals surface area contributed by atoms with Crippen molar-refractivity contribution >= 4 is 11.5 Å². The fraction of sp³-hybridized carbons (Fsp3) is 0.143. The van der Waals surface area contributed by atoms with Crippen LogP contribution >= 0.6 is 0 Å². The van der Waals surface area contributed by atoms with E-state index in [0.29, 0.717) is 0 Å². The highest BCUT2D eigenvalue weighted by Crippen LogP contribution is 2.23. The van der Waals surface area contributed by atoms with E-state index < -0.39 is 0 Å². The number of hydrogen-bond donors (Lipinski definition) is 1. The number of ether oxygens (including phenoxy) is 1. The van der Waals surface area contributed by atoms with Crippen LogP contribution in [0.3, 0.4) is 0 Å². The second kappa shape index (κ2) is 7.27. The van der Waals surface area contributed by atoms with E-state index in [-0.39, 0.29) is 0 Å². The quantitative estimate of drug-likeness (QED) is 0.576. The number of methoxy groups -OCH3 is 1. The molecule has 0 unspecified atom stereocenters. The van der Waals surface area contributed by atoms with Gasteiger partial charge in [-0.05, 0) is 23.3 Å². The van der Waals surface area contributed by atoms with Crippen LogP contribution in [0.4, 0.5) is 5.82 Å². The van der Waals surface area contributed by atoms with E-state index in [0.717, 1.165) is 41.3 Å². The van der Waals surface area contributed by atoms with Crippen molar-refractivity contribution in [2.45, 2.75) is 13.0 Å². The highest BCUT2D eigenvalue weighted by molar-refractivity contribution is 5.55. The molecule has 0 spiro atoms. The van der Waals surface area contributed by atoms with Crippen molar-refractivity contribution in [2.24, 2.45) is 0 Å². The summed E-state index contributed by atoms with van der Waals surface area (Å²) in [5.74, 6) is 1.80. The molecular formula is C21H20N4O. The number of fused-ring (bicyclic) bond motifs is 1. The molecule has 26 heavy (non-hydrogen) atoms. The van der Waals surface area contributed by atoms with Gasteiger partial charge in [-0.2, -0.15) is 9.61 Å². The molecule has 0 saturated carbocycles. The van der Waals surface area contributed by atoms with Crippen molar-refractivity contribution in [3.63, 3.8) is 0 Å². The maximum Gasteiger partial charge on any atom is 0.160 e. The fourth-order valence-corrected chi connectivity index (χ4v) is 3.04. The first kappa shape index (κ1) is 16.1. The number of anilines is 1. The summed E-state index contributed by atoms with van der Waals surface area (Å²) in [6.07, 6.45) is 4.42. The van der Waals surface area contributed by atoms with Crippen molar-refractivity contribution in [2.75, 3.05) is 12.4 Å². The summed E-state index contributed by atoms with van der Waals surface area (Å²) in [6.45, 7) is 0.738. The van der Waals surface area contributed by atoms with Gasteiger partial charge in [-0.1, -0.05) is 48.5 Å². The Morgan fingerprint density at radius 2 is 1.77 bits per heavy atom. The largest absolute Gasteiger partial charge is 0.496 e. The van der Waals surface area contributed by atoms with E-state index in [1.54, 1.807) is 7.11 Å². The first-order valence-corrected chi connectivity index (χ1v) is 8.56. The topological polar surface area (TPSA) is 51.5 Å². The molecule has 0 aliphatic rings. The third kappa shape index (κ3) is 3.24. The summed E-state index contributed by atoms with van der Waals surface area (Å²) >= 11 is 0. The van der Waals surface area contributed by atoms with E-state index in [4.69, 9.17) is 4.74 Å². The predicted octanol–water partition coefficient (Wildman–Crippen LogP) is 3.94. The molecule has 1 N–H and O–H groups in total. The summed E-state index contributed by atoms with van der Waals surface area (Å²) < 4.78 is 7.31. The second-order valence-corrected chi connectivity index (χ2v) is 6.06. The van der Waals surface area contributed by atoms with Gasteiger partial charge in [0.1, 0.15) is 11.6 Å². The van der Waals surface area contributed by atoms with Crippen LogP contribution in [-0.4, -0.2) is 21.7 Å². The van der Waals surface area contributed by atoms with Crippen LogP contribution in [0.1, 0.15) is 16.7 Å². The van der Waals surface area contributed by atoms with Crippen LogP contribution in [0.25, 0.3) is 5.65 Å². The average Bonchev–Trinajstić information content (AvgIpc) is 3.11. The number of para-hydroxylation sites is 1. The van der Waals surface area contributed by atoms with Crippen molar-refractivity contribution in [3.8, 4) is 5.75 Å². The van der Waals surface area contributed by atoms with Gasteiger partial charge in [0.15, 0.2) is 5.65 Å². The summed E-state index contributed by atoms with van der Waals surface area (Å²) in [7, 11) is 1.69. The first-order chi connectivity index (χ1) is 12.8. The van der Waals surface area contributed by atoms with Gasteiger partial charge < -0.3 is 10.1 Å². The molecule has 2 aromatic carbocycles. The normalized spacial score (nSPS) is 10.8. The zero-order valence-corrected chi connectivity index (χ0v) is 14.6. The Morgan fingerprint density at radius 3 is 2.62 bits per heavy atom. The zero-order chi connectivity index (χ0) is 17.8. The van der Waals surface area contributed by atoms with Gasteiger partial charge in [-0.25, -0.2) is 4.98 Å². The van der Waals surface area contributed by atoms with Crippen molar-refractivity contribution in [3.05, 3.63) is 89.7 Å². The Labute approximate surface area is 152 Å². The number of nitrogens with one attached hydrogen (secondary N) is 1. The molecule has 4 aromatic rings. The summed E-state index contributed by atoms with van der Waals surface area (Å²) in [4.78, 5) is 4.53. The van der Waals surface area contributed by atoms with Crippen LogP contribution in [-0.2, 0) is 13.0 Å². The van der Waals surface area contributed by atoms with Crippen molar-refractivity contribution in [1.82, 2.24) is 14.6 Å².